The van der Waals surface area contributed by atoms with E-state index in [-0.39, 0.29) is 24.2 Å². The second-order valence-corrected chi connectivity index (χ2v) is 6.35. The van der Waals surface area contributed by atoms with Gasteiger partial charge < -0.3 is 16.4 Å². The molecule has 1 unspecified atom stereocenters. The molecule has 2 amide bonds. The highest BCUT2D eigenvalue weighted by Gasteiger charge is 2.27. The number of carbonyl (C=O) groups excluding carboxylic acids is 2. The minimum absolute atomic E-state index is 0. The van der Waals surface area contributed by atoms with E-state index in [4.69, 9.17) is 5.73 Å². The molecule has 1 rings (SSSR count). The van der Waals surface area contributed by atoms with Crippen LogP contribution in [0.1, 0.15) is 47.0 Å². The zero-order chi connectivity index (χ0) is 16.8. The van der Waals surface area contributed by atoms with Gasteiger partial charge in [0.25, 0.3) is 0 Å². The summed E-state index contributed by atoms with van der Waals surface area (Å²) in [6.07, 6.45) is 1.96. The predicted molar refractivity (Wildman–Crippen MR) is 97.9 cm³/mol. The summed E-state index contributed by atoms with van der Waals surface area (Å²) in [5.41, 5.74) is 6.50. The van der Waals surface area contributed by atoms with Gasteiger partial charge in [0.05, 0.1) is 5.54 Å². The molecule has 0 saturated carbocycles. The zero-order valence-corrected chi connectivity index (χ0v) is 15.1. The molecule has 130 valence electrons. The van der Waals surface area contributed by atoms with E-state index < -0.39 is 5.54 Å². The number of benzene rings is 1. The lowest BCUT2D eigenvalue weighted by atomic mass is 9.96. The van der Waals surface area contributed by atoms with Crippen molar-refractivity contribution in [2.45, 2.75) is 52.5 Å². The highest BCUT2D eigenvalue weighted by atomic mass is 35.5. The number of hydrogen-bond donors (Lipinski definition) is 3. The van der Waals surface area contributed by atoms with Crippen LogP contribution in [0.15, 0.2) is 24.3 Å². The molecule has 0 heterocycles. The standard InChI is InChI=1S/C17H27N3O2.ClH/c1-5-10-17(4,18)16(22)20-14-8-6-13(7-9-14)19-15(21)11-12(2)3;/h6-9,12H,5,10-11,18H2,1-4H3,(H,19,21)(H,20,22);1H. The van der Waals surface area contributed by atoms with Gasteiger partial charge in [-0.2, -0.15) is 0 Å². The van der Waals surface area contributed by atoms with Gasteiger partial charge in [-0.1, -0.05) is 27.2 Å². The van der Waals surface area contributed by atoms with Gasteiger partial charge in [-0.05, 0) is 43.5 Å². The molecule has 0 spiro atoms. The minimum Gasteiger partial charge on any atom is -0.326 e. The third-order valence-electron chi connectivity index (χ3n) is 3.31. The van der Waals surface area contributed by atoms with Gasteiger partial charge >= 0.3 is 0 Å². The fraction of sp³-hybridized carbons (Fsp3) is 0.529. The molecule has 0 radical (unpaired) electrons. The molecule has 1 atom stereocenters. The quantitative estimate of drug-likeness (QED) is 0.709. The first-order valence-corrected chi connectivity index (χ1v) is 7.75. The second kappa shape index (κ2) is 9.53. The number of nitrogens with two attached hydrogens (primary N) is 1. The molecular formula is C17H28ClN3O2. The lowest BCUT2D eigenvalue weighted by molar-refractivity contribution is -0.121. The van der Waals surface area contributed by atoms with Crippen LogP contribution in [0.5, 0.6) is 0 Å². The Morgan fingerprint density at radius 2 is 1.61 bits per heavy atom. The Bertz CT molecular complexity index is 513. The van der Waals surface area contributed by atoms with Crippen LogP contribution in [-0.2, 0) is 9.59 Å². The third kappa shape index (κ3) is 7.48. The van der Waals surface area contributed by atoms with Crippen LogP contribution < -0.4 is 16.4 Å². The Balaban J connectivity index is 0.00000484. The van der Waals surface area contributed by atoms with Crippen LogP contribution in [0.2, 0.25) is 0 Å². The van der Waals surface area contributed by atoms with E-state index in [0.717, 1.165) is 6.42 Å². The maximum Gasteiger partial charge on any atom is 0.244 e. The summed E-state index contributed by atoms with van der Waals surface area (Å²) in [6, 6.07) is 7.04. The molecule has 0 aliphatic rings. The molecular weight excluding hydrogens is 314 g/mol. The van der Waals surface area contributed by atoms with Crippen molar-refractivity contribution in [3.63, 3.8) is 0 Å². The number of amides is 2. The molecule has 0 aromatic heterocycles. The van der Waals surface area contributed by atoms with E-state index in [1.165, 1.54) is 0 Å². The van der Waals surface area contributed by atoms with E-state index in [9.17, 15) is 9.59 Å². The third-order valence-corrected chi connectivity index (χ3v) is 3.31. The largest absolute Gasteiger partial charge is 0.326 e. The molecule has 1 aromatic carbocycles. The Kier molecular flexibility index (Phi) is 8.87. The number of rotatable bonds is 7. The van der Waals surface area contributed by atoms with Gasteiger partial charge in [-0.25, -0.2) is 0 Å². The smallest absolute Gasteiger partial charge is 0.244 e. The van der Waals surface area contributed by atoms with Crippen LogP contribution >= 0.6 is 12.4 Å². The molecule has 5 nitrogen and oxygen atoms in total. The molecule has 0 saturated heterocycles. The number of hydrogen-bond acceptors (Lipinski definition) is 3. The van der Waals surface area contributed by atoms with Gasteiger partial charge in [0.2, 0.25) is 11.8 Å². The summed E-state index contributed by atoms with van der Waals surface area (Å²) < 4.78 is 0. The maximum atomic E-state index is 12.1. The summed E-state index contributed by atoms with van der Waals surface area (Å²) in [4.78, 5) is 23.8. The first-order chi connectivity index (χ1) is 10.2. The van der Waals surface area contributed by atoms with Gasteiger partial charge in [0.15, 0.2) is 0 Å². The van der Waals surface area contributed by atoms with E-state index in [1.807, 2.05) is 20.8 Å². The van der Waals surface area contributed by atoms with Crippen LogP contribution in [0, 0.1) is 5.92 Å². The Morgan fingerprint density at radius 3 is 2.04 bits per heavy atom. The predicted octanol–water partition coefficient (Wildman–Crippen LogP) is 3.55. The fourth-order valence-electron chi connectivity index (χ4n) is 2.13. The van der Waals surface area contributed by atoms with E-state index in [1.54, 1.807) is 31.2 Å². The summed E-state index contributed by atoms with van der Waals surface area (Å²) in [7, 11) is 0. The van der Waals surface area contributed by atoms with Crippen molar-refractivity contribution in [1.82, 2.24) is 0 Å². The Hall–Kier alpha value is -1.59. The SMILES string of the molecule is CCCC(C)(N)C(=O)Nc1ccc(NC(=O)CC(C)C)cc1.Cl. The lowest BCUT2D eigenvalue weighted by Crippen LogP contribution is -2.48. The van der Waals surface area contributed by atoms with Crippen molar-refractivity contribution in [3.8, 4) is 0 Å². The average Bonchev–Trinajstić information content (AvgIpc) is 2.39. The summed E-state index contributed by atoms with van der Waals surface area (Å²) in [5, 5.41) is 5.63. The van der Waals surface area contributed by atoms with Gasteiger partial charge in [-0.3, -0.25) is 9.59 Å². The zero-order valence-electron chi connectivity index (χ0n) is 14.3. The minimum atomic E-state index is -0.876. The molecule has 0 aliphatic carbocycles. The van der Waals surface area contributed by atoms with Gasteiger partial charge in [0, 0.05) is 17.8 Å². The first kappa shape index (κ1) is 21.4. The highest BCUT2D eigenvalue weighted by molar-refractivity contribution is 5.98. The summed E-state index contributed by atoms with van der Waals surface area (Å²) in [6.45, 7) is 7.72. The van der Waals surface area contributed by atoms with Crippen LogP contribution in [-0.4, -0.2) is 17.4 Å². The molecule has 23 heavy (non-hydrogen) atoms. The Morgan fingerprint density at radius 1 is 1.13 bits per heavy atom. The molecule has 0 fully saturated rings. The number of carbonyl (C=O) groups is 2. The number of anilines is 2. The van der Waals surface area contributed by atoms with Crippen molar-refractivity contribution in [2.75, 3.05) is 10.6 Å². The summed E-state index contributed by atoms with van der Waals surface area (Å²) in [5.74, 6) is 0.106. The van der Waals surface area contributed by atoms with Gasteiger partial charge in [-0.15, -0.1) is 12.4 Å². The second-order valence-electron chi connectivity index (χ2n) is 6.35. The molecule has 0 aliphatic heterocycles. The van der Waals surface area contributed by atoms with Gasteiger partial charge in [0.1, 0.15) is 0 Å². The van der Waals surface area contributed by atoms with Crippen LogP contribution in [0.3, 0.4) is 0 Å². The summed E-state index contributed by atoms with van der Waals surface area (Å²) >= 11 is 0. The molecule has 0 bridgehead atoms. The lowest BCUT2D eigenvalue weighted by Gasteiger charge is -2.22. The monoisotopic (exact) mass is 341 g/mol. The molecule has 1 aromatic rings. The van der Waals surface area contributed by atoms with E-state index in [2.05, 4.69) is 10.6 Å². The van der Waals surface area contributed by atoms with Crippen LogP contribution in [0.4, 0.5) is 11.4 Å². The average molecular weight is 342 g/mol. The van der Waals surface area contributed by atoms with Crippen molar-refractivity contribution >= 4 is 35.6 Å². The number of halogens is 1. The number of nitrogens with one attached hydrogen (secondary N) is 2. The van der Waals surface area contributed by atoms with Crippen LogP contribution in [0.25, 0.3) is 0 Å². The highest BCUT2D eigenvalue weighted by Crippen LogP contribution is 2.17. The fourth-order valence-corrected chi connectivity index (χ4v) is 2.13. The van der Waals surface area contributed by atoms with Crippen molar-refractivity contribution in [2.24, 2.45) is 11.7 Å². The Labute approximate surface area is 144 Å². The molecule has 6 heteroatoms. The normalized spacial score (nSPS) is 13.0. The van der Waals surface area contributed by atoms with Crippen molar-refractivity contribution < 1.29 is 9.59 Å². The molecule has 4 N–H and O–H groups in total. The van der Waals surface area contributed by atoms with Crippen molar-refractivity contribution in [3.05, 3.63) is 24.3 Å². The topological polar surface area (TPSA) is 84.2 Å². The maximum absolute atomic E-state index is 12.1. The first-order valence-electron chi connectivity index (χ1n) is 7.75. The van der Waals surface area contributed by atoms with E-state index >= 15 is 0 Å². The van der Waals surface area contributed by atoms with Crippen molar-refractivity contribution in [1.29, 1.82) is 0 Å². The van der Waals surface area contributed by atoms with E-state index in [0.29, 0.717) is 30.1 Å².